The zero-order chi connectivity index (χ0) is 19.8. The van der Waals surface area contributed by atoms with Crippen LogP contribution in [-0.2, 0) is 11.3 Å². The Bertz CT molecular complexity index is 1040. The first-order valence-corrected chi connectivity index (χ1v) is 10.0. The monoisotopic (exact) mass is 393 g/mol. The van der Waals surface area contributed by atoms with Gasteiger partial charge in [-0.3, -0.25) is 9.36 Å². The summed E-state index contributed by atoms with van der Waals surface area (Å²) in [6, 6.07) is 13.9. The molecule has 0 N–H and O–H groups in total. The highest BCUT2D eigenvalue weighted by Gasteiger charge is 2.32. The largest absolute Gasteiger partial charge is 0.461 e. The van der Waals surface area contributed by atoms with E-state index < -0.39 is 0 Å². The molecule has 150 valence electrons. The molecule has 0 spiro atoms. The topological polar surface area (TPSA) is 76.5 Å². The molecule has 0 bridgehead atoms. The number of hydrogen-bond donors (Lipinski definition) is 0. The summed E-state index contributed by atoms with van der Waals surface area (Å²) in [7, 11) is 0. The smallest absolute Gasteiger partial charge is 0.347 e. The van der Waals surface area contributed by atoms with Crippen molar-refractivity contribution in [1.82, 2.24) is 19.2 Å². The van der Waals surface area contributed by atoms with E-state index in [1.54, 1.807) is 23.0 Å². The van der Waals surface area contributed by atoms with E-state index in [0.29, 0.717) is 24.7 Å². The molecule has 0 radical (unpaired) electrons. The lowest BCUT2D eigenvalue weighted by atomic mass is 10.2. The number of para-hydroxylation sites is 1. The van der Waals surface area contributed by atoms with Gasteiger partial charge in [0.25, 0.3) is 0 Å². The molecular weight excluding hydrogens is 370 g/mol. The second kappa shape index (κ2) is 7.27. The Morgan fingerprint density at radius 2 is 1.79 bits per heavy atom. The van der Waals surface area contributed by atoms with E-state index in [2.05, 4.69) is 22.1 Å². The maximum absolute atomic E-state index is 12.9. The van der Waals surface area contributed by atoms with Gasteiger partial charge in [-0.1, -0.05) is 18.2 Å². The number of rotatable bonds is 5. The SMILES string of the molecule is O=C(Cn1nc(-c2ccco2)n(C2CC2)c1=O)N1CCN(c2ccccc2)CC1. The first-order chi connectivity index (χ1) is 14.2. The predicted molar refractivity (Wildman–Crippen MR) is 108 cm³/mol. The Labute approximate surface area is 167 Å². The number of benzene rings is 1. The van der Waals surface area contributed by atoms with E-state index in [1.807, 2.05) is 23.1 Å². The summed E-state index contributed by atoms with van der Waals surface area (Å²) in [5, 5.41) is 4.43. The maximum Gasteiger partial charge on any atom is 0.347 e. The minimum Gasteiger partial charge on any atom is -0.461 e. The molecule has 5 rings (SSSR count). The molecule has 1 saturated carbocycles. The van der Waals surface area contributed by atoms with E-state index in [4.69, 9.17) is 4.42 Å². The van der Waals surface area contributed by atoms with Crippen LogP contribution >= 0.6 is 0 Å². The van der Waals surface area contributed by atoms with Crippen LogP contribution in [0.3, 0.4) is 0 Å². The highest BCUT2D eigenvalue weighted by atomic mass is 16.3. The van der Waals surface area contributed by atoms with Gasteiger partial charge in [-0.2, -0.15) is 0 Å². The third-order valence-electron chi connectivity index (χ3n) is 5.56. The molecule has 1 aliphatic carbocycles. The fourth-order valence-electron chi connectivity index (χ4n) is 3.84. The molecule has 8 heteroatoms. The van der Waals surface area contributed by atoms with Crippen molar-refractivity contribution in [3.63, 3.8) is 0 Å². The molecule has 3 aromatic rings. The number of anilines is 1. The van der Waals surface area contributed by atoms with Crippen LogP contribution in [0.25, 0.3) is 11.6 Å². The summed E-state index contributed by atoms with van der Waals surface area (Å²) >= 11 is 0. The van der Waals surface area contributed by atoms with Crippen molar-refractivity contribution >= 4 is 11.6 Å². The summed E-state index contributed by atoms with van der Waals surface area (Å²) in [5.74, 6) is 0.979. The Kier molecular flexibility index (Phi) is 4.46. The maximum atomic E-state index is 12.9. The van der Waals surface area contributed by atoms with Crippen molar-refractivity contribution in [2.24, 2.45) is 0 Å². The lowest BCUT2D eigenvalue weighted by molar-refractivity contribution is -0.132. The van der Waals surface area contributed by atoms with E-state index in [0.717, 1.165) is 25.9 Å². The van der Waals surface area contributed by atoms with Gasteiger partial charge in [-0.25, -0.2) is 9.48 Å². The van der Waals surface area contributed by atoms with Crippen molar-refractivity contribution in [3.05, 3.63) is 59.2 Å². The Balaban J connectivity index is 1.29. The summed E-state index contributed by atoms with van der Waals surface area (Å²) < 4.78 is 8.39. The first kappa shape index (κ1) is 17.8. The highest BCUT2D eigenvalue weighted by molar-refractivity contribution is 5.76. The van der Waals surface area contributed by atoms with Gasteiger partial charge in [0.15, 0.2) is 5.76 Å². The van der Waals surface area contributed by atoms with Crippen molar-refractivity contribution < 1.29 is 9.21 Å². The zero-order valence-corrected chi connectivity index (χ0v) is 16.1. The Morgan fingerprint density at radius 1 is 1.03 bits per heavy atom. The van der Waals surface area contributed by atoms with E-state index in [1.165, 1.54) is 10.4 Å². The molecule has 1 amide bonds. The lowest BCUT2D eigenvalue weighted by Crippen LogP contribution is -2.50. The Hall–Kier alpha value is -3.29. The van der Waals surface area contributed by atoms with Crippen molar-refractivity contribution in [3.8, 4) is 11.6 Å². The average molecular weight is 393 g/mol. The van der Waals surface area contributed by atoms with E-state index >= 15 is 0 Å². The van der Waals surface area contributed by atoms with E-state index in [9.17, 15) is 9.59 Å². The fourth-order valence-corrected chi connectivity index (χ4v) is 3.84. The van der Waals surface area contributed by atoms with Crippen LogP contribution in [0, 0.1) is 0 Å². The molecule has 2 aliphatic rings. The van der Waals surface area contributed by atoms with Gasteiger partial charge in [0.05, 0.1) is 6.26 Å². The number of furan rings is 1. The average Bonchev–Trinajstić information content (AvgIpc) is 3.34. The van der Waals surface area contributed by atoms with Crippen LogP contribution in [0.5, 0.6) is 0 Å². The Morgan fingerprint density at radius 3 is 2.45 bits per heavy atom. The second-order valence-corrected chi connectivity index (χ2v) is 7.55. The van der Waals surface area contributed by atoms with Crippen LogP contribution in [0.15, 0.2) is 57.9 Å². The predicted octanol–water partition coefficient (Wildman–Crippen LogP) is 1.99. The van der Waals surface area contributed by atoms with Gasteiger partial charge in [0.1, 0.15) is 6.54 Å². The number of aromatic nitrogens is 3. The number of amides is 1. The van der Waals surface area contributed by atoms with Crippen LogP contribution in [-0.4, -0.2) is 51.3 Å². The lowest BCUT2D eigenvalue weighted by Gasteiger charge is -2.36. The standard InChI is InChI=1S/C21H23N5O3/c27-19(24-12-10-23(11-13-24)16-5-2-1-3-6-16)15-25-21(28)26(17-8-9-17)20(22-25)18-7-4-14-29-18/h1-7,14,17H,8-13,15H2. The molecule has 8 nitrogen and oxygen atoms in total. The number of piperazine rings is 1. The molecule has 2 fully saturated rings. The minimum absolute atomic E-state index is 0.0440. The third-order valence-corrected chi connectivity index (χ3v) is 5.56. The molecule has 1 aromatic carbocycles. The molecule has 0 atom stereocenters. The molecule has 0 unspecified atom stereocenters. The van der Waals surface area contributed by atoms with Crippen LogP contribution in [0.2, 0.25) is 0 Å². The van der Waals surface area contributed by atoms with Crippen molar-refractivity contribution in [1.29, 1.82) is 0 Å². The molecule has 3 heterocycles. The first-order valence-electron chi connectivity index (χ1n) is 10.0. The molecular formula is C21H23N5O3. The highest BCUT2D eigenvalue weighted by Crippen LogP contribution is 2.36. The van der Waals surface area contributed by atoms with E-state index in [-0.39, 0.29) is 24.2 Å². The zero-order valence-electron chi connectivity index (χ0n) is 16.1. The van der Waals surface area contributed by atoms with Crippen molar-refractivity contribution in [2.75, 3.05) is 31.1 Å². The molecule has 29 heavy (non-hydrogen) atoms. The number of carbonyl (C=O) groups excluding carboxylic acids is 1. The van der Waals surface area contributed by atoms with Gasteiger partial charge in [0, 0.05) is 37.9 Å². The fraction of sp³-hybridized carbons (Fsp3) is 0.381. The number of carbonyl (C=O) groups is 1. The second-order valence-electron chi connectivity index (χ2n) is 7.55. The number of hydrogen-bond acceptors (Lipinski definition) is 5. The number of nitrogens with zero attached hydrogens (tertiary/aromatic N) is 5. The minimum atomic E-state index is -0.241. The van der Waals surface area contributed by atoms with Crippen molar-refractivity contribution in [2.45, 2.75) is 25.4 Å². The molecule has 2 aromatic heterocycles. The summed E-state index contributed by atoms with van der Waals surface area (Å²) in [6.07, 6.45) is 3.47. The third kappa shape index (κ3) is 3.46. The van der Waals surface area contributed by atoms with Gasteiger partial charge in [-0.05, 0) is 37.1 Å². The van der Waals surface area contributed by atoms with Crippen LogP contribution < -0.4 is 10.6 Å². The van der Waals surface area contributed by atoms with Gasteiger partial charge in [0.2, 0.25) is 11.7 Å². The normalized spacial score (nSPS) is 17.0. The summed E-state index contributed by atoms with van der Waals surface area (Å²) in [4.78, 5) is 29.8. The van der Waals surface area contributed by atoms with Crippen LogP contribution in [0.4, 0.5) is 5.69 Å². The van der Waals surface area contributed by atoms with Gasteiger partial charge >= 0.3 is 5.69 Å². The molecule has 1 saturated heterocycles. The quantitative estimate of drug-likeness (QED) is 0.663. The van der Waals surface area contributed by atoms with Gasteiger partial charge < -0.3 is 14.2 Å². The van der Waals surface area contributed by atoms with Gasteiger partial charge in [-0.15, -0.1) is 5.10 Å². The molecule has 1 aliphatic heterocycles. The summed E-state index contributed by atoms with van der Waals surface area (Å²) in [5.41, 5.74) is 0.928. The summed E-state index contributed by atoms with van der Waals surface area (Å²) in [6.45, 7) is 2.78. The van der Waals surface area contributed by atoms with Crippen LogP contribution in [0.1, 0.15) is 18.9 Å².